The number of rotatable bonds is 8. The van der Waals surface area contributed by atoms with Gasteiger partial charge in [-0.1, -0.05) is 12.1 Å². The van der Waals surface area contributed by atoms with E-state index in [1.807, 2.05) is 44.7 Å². The van der Waals surface area contributed by atoms with Gasteiger partial charge in [-0.15, -0.1) is 0 Å². The van der Waals surface area contributed by atoms with Gasteiger partial charge in [0.1, 0.15) is 34.8 Å². The number of carbonyl (C=O) groups is 1. The van der Waals surface area contributed by atoms with Crippen LogP contribution in [0.4, 0.5) is 10.6 Å². The Morgan fingerprint density at radius 2 is 1.89 bits per heavy atom. The van der Waals surface area contributed by atoms with Crippen molar-refractivity contribution in [3.05, 3.63) is 47.4 Å². The van der Waals surface area contributed by atoms with Gasteiger partial charge in [0.25, 0.3) is 0 Å². The number of aromatic nitrogens is 2. The second-order valence-electron chi connectivity index (χ2n) is 11.3. The third kappa shape index (κ3) is 7.34. The number of amides is 1. The molecular weight excluding hydrogens is 466 g/mol. The minimum Gasteiger partial charge on any atom is -0.497 e. The van der Waals surface area contributed by atoms with Crippen LogP contribution in [0.5, 0.6) is 5.75 Å². The zero-order valence-electron chi connectivity index (χ0n) is 22.7. The van der Waals surface area contributed by atoms with Gasteiger partial charge in [0.05, 0.1) is 7.11 Å². The third-order valence-electron chi connectivity index (χ3n) is 7.34. The lowest BCUT2D eigenvalue weighted by Crippen LogP contribution is -2.42. The number of benzene rings is 1. The highest BCUT2D eigenvalue weighted by atomic mass is 16.6. The molecule has 4 rings (SSSR count). The lowest BCUT2D eigenvalue weighted by Gasteiger charge is -2.33. The largest absolute Gasteiger partial charge is 0.497 e. The molecule has 1 aliphatic heterocycles. The number of ether oxygens (including phenoxy) is 2. The predicted octanol–water partition coefficient (Wildman–Crippen LogP) is 5.35. The first kappa shape index (κ1) is 26.7. The van der Waals surface area contributed by atoms with E-state index in [0.29, 0.717) is 29.9 Å². The quantitative estimate of drug-likeness (QED) is 0.478. The Kier molecular flexibility index (Phi) is 8.21. The number of piperidine rings is 1. The molecule has 0 unspecified atom stereocenters. The molecule has 0 N–H and O–H groups in total. The molecule has 2 aromatic rings. The molecule has 2 fully saturated rings. The van der Waals surface area contributed by atoms with Crippen molar-refractivity contribution in [3.8, 4) is 11.8 Å². The van der Waals surface area contributed by atoms with Gasteiger partial charge in [-0.25, -0.2) is 14.8 Å². The zero-order chi connectivity index (χ0) is 26.6. The number of anilines is 1. The summed E-state index contributed by atoms with van der Waals surface area (Å²) in [4.78, 5) is 25.4. The molecule has 1 aliphatic carbocycles. The molecule has 198 valence electrons. The highest BCUT2D eigenvalue weighted by molar-refractivity contribution is 5.68. The van der Waals surface area contributed by atoms with Crippen LogP contribution in [0.2, 0.25) is 0 Å². The van der Waals surface area contributed by atoms with Crippen LogP contribution in [-0.2, 0) is 11.3 Å². The number of hydrogen-bond donors (Lipinski definition) is 0. The van der Waals surface area contributed by atoms with Crippen LogP contribution >= 0.6 is 0 Å². The molecule has 1 aromatic heterocycles. The standard InChI is InChI=1S/C29H39N5O3/c1-20-31-24(18-30)17-27(32-20)34(19-21-6-8-25(36-5)9-7-21)15-12-23-16-26(23)22-10-13-33(14-11-22)28(35)37-29(2,3)4/h6-9,17,22-23,26H,10-16,19H2,1-5H3/t23-,26-/m0/s1. The first-order valence-corrected chi connectivity index (χ1v) is 13.3. The maximum absolute atomic E-state index is 12.4. The lowest BCUT2D eigenvalue weighted by atomic mass is 9.90. The fourth-order valence-corrected chi connectivity index (χ4v) is 5.34. The molecule has 2 heterocycles. The highest BCUT2D eigenvalue weighted by Gasteiger charge is 2.44. The third-order valence-corrected chi connectivity index (χ3v) is 7.34. The Balaban J connectivity index is 1.35. The van der Waals surface area contributed by atoms with Gasteiger partial charge < -0.3 is 19.3 Å². The molecule has 0 bridgehead atoms. The van der Waals surface area contributed by atoms with E-state index < -0.39 is 5.60 Å². The van der Waals surface area contributed by atoms with Crippen LogP contribution in [-0.4, -0.2) is 53.3 Å². The van der Waals surface area contributed by atoms with Gasteiger partial charge in [-0.2, -0.15) is 5.26 Å². The summed E-state index contributed by atoms with van der Waals surface area (Å²) in [6.07, 6.45) is 4.24. The number of hydrogen-bond acceptors (Lipinski definition) is 7. The molecule has 37 heavy (non-hydrogen) atoms. The van der Waals surface area contributed by atoms with Crippen molar-refractivity contribution in [2.45, 2.75) is 65.5 Å². The van der Waals surface area contributed by atoms with E-state index in [-0.39, 0.29) is 6.09 Å². The molecule has 8 heteroatoms. The lowest BCUT2D eigenvalue weighted by molar-refractivity contribution is 0.0174. The normalized spacial score (nSPS) is 19.7. The van der Waals surface area contributed by atoms with E-state index in [0.717, 1.165) is 61.9 Å². The van der Waals surface area contributed by atoms with Crippen LogP contribution in [0.3, 0.4) is 0 Å². The van der Waals surface area contributed by atoms with Crippen molar-refractivity contribution in [3.63, 3.8) is 0 Å². The van der Waals surface area contributed by atoms with Crippen LogP contribution in [0.1, 0.15) is 63.5 Å². The number of aryl methyl sites for hydroxylation is 1. The van der Waals surface area contributed by atoms with E-state index in [4.69, 9.17) is 9.47 Å². The Labute approximate surface area is 220 Å². The van der Waals surface area contributed by atoms with Crippen molar-refractivity contribution in [2.24, 2.45) is 17.8 Å². The van der Waals surface area contributed by atoms with Crippen LogP contribution in [0, 0.1) is 36.0 Å². The average molecular weight is 506 g/mol. The first-order valence-electron chi connectivity index (χ1n) is 13.3. The van der Waals surface area contributed by atoms with E-state index in [1.54, 1.807) is 13.2 Å². The number of carbonyl (C=O) groups excluding carboxylic acids is 1. The highest BCUT2D eigenvalue weighted by Crippen LogP contribution is 2.50. The van der Waals surface area contributed by atoms with Crippen molar-refractivity contribution in [2.75, 3.05) is 31.6 Å². The van der Waals surface area contributed by atoms with Crippen molar-refractivity contribution in [1.29, 1.82) is 5.26 Å². The number of likely N-dealkylation sites (tertiary alicyclic amines) is 1. The van der Waals surface area contributed by atoms with E-state index in [9.17, 15) is 10.1 Å². The van der Waals surface area contributed by atoms with Gasteiger partial charge in [-0.3, -0.25) is 0 Å². The first-order chi connectivity index (χ1) is 17.6. The monoisotopic (exact) mass is 505 g/mol. The van der Waals surface area contributed by atoms with E-state index in [1.165, 1.54) is 6.42 Å². The summed E-state index contributed by atoms with van der Waals surface area (Å²) in [5, 5.41) is 9.43. The summed E-state index contributed by atoms with van der Waals surface area (Å²) in [6.45, 7) is 10.7. The molecule has 2 atom stereocenters. The predicted molar refractivity (Wildman–Crippen MR) is 142 cm³/mol. The minimum atomic E-state index is -0.455. The van der Waals surface area contributed by atoms with Crippen LogP contribution in [0.15, 0.2) is 30.3 Å². The molecule has 1 amide bonds. The smallest absolute Gasteiger partial charge is 0.410 e. The van der Waals surface area contributed by atoms with Gasteiger partial charge in [0.15, 0.2) is 0 Å². The molecule has 0 spiro atoms. The number of methoxy groups -OCH3 is 1. The summed E-state index contributed by atoms with van der Waals surface area (Å²) in [5.74, 6) is 4.32. The van der Waals surface area contributed by atoms with Gasteiger partial charge in [0.2, 0.25) is 0 Å². The van der Waals surface area contributed by atoms with E-state index in [2.05, 4.69) is 33.1 Å². The molecule has 2 aliphatic rings. The van der Waals surface area contributed by atoms with Gasteiger partial charge in [0, 0.05) is 32.2 Å². The van der Waals surface area contributed by atoms with Crippen molar-refractivity contribution >= 4 is 11.9 Å². The summed E-state index contributed by atoms with van der Waals surface area (Å²) in [6, 6.07) is 12.0. The van der Waals surface area contributed by atoms with Crippen LogP contribution < -0.4 is 9.64 Å². The second kappa shape index (κ2) is 11.4. The maximum atomic E-state index is 12.4. The Morgan fingerprint density at radius 1 is 1.19 bits per heavy atom. The summed E-state index contributed by atoms with van der Waals surface area (Å²) in [5.41, 5.74) is 1.10. The molecule has 1 aromatic carbocycles. The molecule has 8 nitrogen and oxygen atoms in total. The fraction of sp³-hybridized carbons (Fsp3) is 0.586. The van der Waals surface area contributed by atoms with Crippen molar-refractivity contribution < 1.29 is 14.3 Å². The molecule has 0 radical (unpaired) electrons. The summed E-state index contributed by atoms with van der Waals surface area (Å²) < 4.78 is 10.9. The summed E-state index contributed by atoms with van der Waals surface area (Å²) in [7, 11) is 1.67. The van der Waals surface area contributed by atoms with Crippen LogP contribution in [0.25, 0.3) is 0 Å². The SMILES string of the molecule is COc1ccc(CN(CC[C@H]2C[C@H]2C2CCN(C(=O)OC(C)(C)C)CC2)c2cc(C#N)nc(C)n2)cc1. The topological polar surface area (TPSA) is 91.6 Å². The van der Waals surface area contributed by atoms with E-state index >= 15 is 0 Å². The minimum absolute atomic E-state index is 0.190. The fourth-order valence-electron chi connectivity index (χ4n) is 5.34. The Morgan fingerprint density at radius 3 is 2.51 bits per heavy atom. The maximum Gasteiger partial charge on any atom is 0.410 e. The Hall–Kier alpha value is -3.34. The van der Waals surface area contributed by atoms with Gasteiger partial charge in [-0.05, 0) is 88.8 Å². The number of nitriles is 1. The second-order valence-corrected chi connectivity index (χ2v) is 11.3. The van der Waals surface area contributed by atoms with Crippen molar-refractivity contribution in [1.82, 2.24) is 14.9 Å². The number of nitrogens with zero attached hydrogens (tertiary/aromatic N) is 5. The Bertz CT molecular complexity index is 1110. The average Bonchev–Trinajstić information content (AvgIpc) is 3.65. The molecule has 1 saturated heterocycles. The molecule has 1 saturated carbocycles. The zero-order valence-corrected chi connectivity index (χ0v) is 22.7. The molecular formula is C29H39N5O3. The van der Waals surface area contributed by atoms with Gasteiger partial charge >= 0.3 is 6.09 Å². The summed E-state index contributed by atoms with van der Waals surface area (Å²) >= 11 is 0.